The van der Waals surface area contributed by atoms with Crippen molar-refractivity contribution in [3.05, 3.63) is 0 Å². The molecular weight excluding hydrogens is 220 g/mol. The van der Waals surface area contributed by atoms with Crippen LogP contribution >= 0.6 is 0 Å². The third-order valence-corrected chi connectivity index (χ3v) is 4.07. The molecule has 1 aliphatic carbocycles. The van der Waals surface area contributed by atoms with Gasteiger partial charge in [0.15, 0.2) is 0 Å². The largest absolute Gasteiger partial charge is 0.313 e. The number of rotatable bonds is 10. The van der Waals surface area contributed by atoms with E-state index in [9.17, 15) is 0 Å². The van der Waals surface area contributed by atoms with E-state index in [4.69, 9.17) is 0 Å². The summed E-state index contributed by atoms with van der Waals surface area (Å²) in [5.74, 6) is 0. The fourth-order valence-corrected chi connectivity index (χ4v) is 2.80. The van der Waals surface area contributed by atoms with Crippen molar-refractivity contribution in [1.82, 2.24) is 10.2 Å². The van der Waals surface area contributed by atoms with Gasteiger partial charge in [-0.2, -0.15) is 0 Å². The summed E-state index contributed by atoms with van der Waals surface area (Å²) in [6.07, 6.45) is 6.67. The lowest BCUT2D eigenvalue weighted by atomic mass is 9.84. The van der Waals surface area contributed by atoms with E-state index in [-0.39, 0.29) is 0 Å². The van der Waals surface area contributed by atoms with Crippen LogP contribution in [0.15, 0.2) is 0 Å². The molecule has 1 atom stereocenters. The van der Waals surface area contributed by atoms with E-state index in [0.29, 0.717) is 11.5 Å². The predicted octanol–water partition coefficient (Wildman–Crippen LogP) is 3.67. The van der Waals surface area contributed by atoms with Crippen molar-refractivity contribution in [3.8, 4) is 0 Å². The first-order valence-electron chi connectivity index (χ1n) is 7.98. The monoisotopic (exact) mass is 254 g/mol. The summed E-state index contributed by atoms with van der Waals surface area (Å²) >= 11 is 0. The minimum Gasteiger partial charge on any atom is -0.313 e. The molecule has 0 heterocycles. The van der Waals surface area contributed by atoms with Gasteiger partial charge in [0.1, 0.15) is 0 Å². The van der Waals surface area contributed by atoms with E-state index in [1.165, 1.54) is 51.7 Å². The highest BCUT2D eigenvalue weighted by molar-refractivity contribution is 4.87. The van der Waals surface area contributed by atoms with Gasteiger partial charge < -0.3 is 10.2 Å². The minimum absolute atomic E-state index is 0.441. The van der Waals surface area contributed by atoms with Crippen LogP contribution in [0.2, 0.25) is 0 Å². The van der Waals surface area contributed by atoms with Crippen LogP contribution in [0.5, 0.6) is 0 Å². The molecule has 0 spiro atoms. The second kappa shape index (κ2) is 7.49. The Morgan fingerprint density at radius 2 is 1.89 bits per heavy atom. The molecule has 1 saturated carbocycles. The molecule has 1 N–H and O–H groups in total. The van der Waals surface area contributed by atoms with Crippen molar-refractivity contribution in [3.63, 3.8) is 0 Å². The highest BCUT2D eigenvalue weighted by Gasteiger charge is 2.30. The summed E-state index contributed by atoms with van der Waals surface area (Å²) < 4.78 is 0. The molecule has 0 radical (unpaired) electrons. The van der Waals surface area contributed by atoms with Gasteiger partial charge in [-0.1, -0.05) is 27.2 Å². The van der Waals surface area contributed by atoms with Crippen LogP contribution in [0.25, 0.3) is 0 Å². The van der Waals surface area contributed by atoms with Gasteiger partial charge in [-0.25, -0.2) is 0 Å². The van der Waals surface area contributed by atoms with Crippen LogP contribution in [0.4, 0.5) is 0 Å². The molecule has 0 bridgehead atoms. The quantitative estimate of drug-likeness (QED) is 0.640. The van der Waals surface area contributed by atoms with E-state index in [1.54, 1.807) is 0 Å². The van der Waals surface area contributed by atoms with Gasteiger partial charge in [0.2, 0.25) is 0 Å². The van der Waals surface area contributed by atoms with E-state index in [2.05, 4.69) is 44.8 Å². The molecule has 1 fully saturated rings. The molecule has 1 rings (SSSR count). The summed E-state index contributed by atoms with van der Waals surface area (Å²) in [5, 5.41) is 3.74. The normalized spacial score (nSPS) is 19.5. The Morgan fingerprint density at radius 1 is 1.22 bits per heavy atom. The highest BCUT2D eigenvalue weighted by Crippen LogP contribution is 2.27. The maximum Gasteiger partial charge on any atom is 0.00684 e. The van der Waals surface area contributed by atoms with Crippen LogP contribution in [-0.4, -0.2) is 36.6 Å². The van der Waals surface area contributed by atoms with Crippen LogP contribution in [-0.2, 0) is 0 Å². The van der Waals surface area contributed by atoms with Gasteiger partial charge in [0.25, 0.3) is 0 Å². The number of nitrogens with zero attached hydrogens (tertiary/aromatic N) is 1. The van der Waals surface area contributed by atoms with E-state index in [1.807, 2.05) is 0 Å². The zero-order chi connectivity index (χ0) is 13.6. The second-order valence-electron chi connectivity index (χ2n) is 6.78. The summed E-state index contributed by atoms with van der Waals surface area (Å²) in [6.45, 7) is 15.4. The maximum absolute atomic E-state index is 3.74. The highest BCUT2D eigenvalue weighted by atomic mass is 15.2. The van der Waals surface area contributed by atoms with Crippen LogP contribution < -0.4 is 5.32 Å². The van der Waals surface area contributed by atoms with Gasteiger partial charge in [-0.3, -0.25) is 0 Å². The molecule has 0 aromatic rings. The summed E-state index contributed by atoms with van der Waals surface area (Å²) in [5.41, 5.74) is 0.441. The zero-order valence-electron chi connectivity index (χ0n) is 13.3. The predicted molar refractivity (Wildman–Crippen MR) is 81.0 cm³/mol. The molecule has 0 saturated heterocycles. The summed E-state index contributed by atoms with van der Waals surface area (Å²) in [7, 11) is 0. The molecule has 1 aliphatic rings. The van der Waals surface area contributed by atoms with Gasteiger partial charge in [-0.15, -0.1) is 0 Å². The molecular formula is C16H34N2. The lowest BCUT2D eigenvalue weighted by molar-refractivity contribution is 0.122. The Balaban J connectivity index is 2.50. The molecule has 0 aromatic heterocycles. The lowest BCUT2D eigenvalue weighted by Crippen LogP contribution is -2.45. The van der Waals surface area contributed by atoms with Gasteiger partial charge in [0.05, 0.1) is 0 Å². The molecule has 0 amide bonds. The molecule has 0 aromatic carbocycles. The molecule has 0 aliphatic heterocycles. The Labute approximate surface area is 115 Å². The van der Waals surface area contributed by atoms with Gasteiger partial charge in [-0.05, 0) is 51.5 Å². The lowest BCUT2D eigenvalue weighted by Gasteiger charge is -2.38. The Hall–Kier alpha value is -0.0800. The van der Waals surface area contributed by atoms with Crippen molar-refractivity contribution >= 4 is 0 Å². The van der Waals surface area contributed by atoms with Gasteiger partial charge in [0, 0.05) is 25.2 Å². The SMILES string of the molecule is CCCN(CC(C)(CCC)CNC1CC1)C(C)C. The van der Waals surface area contributed by atoms with Crippen molar-refractivity contribution in [1.29, 1.82) is 0 Å². The second-order valence-corrected chi connectivity index (χ2v) is 6.78. The molecule has 2 heteroatoms. The van der Waals surface area contributed by atoms with Gasteiger partial charge >= 0.3 is 0 Å². The Bertz CT molecular complexity index is 223. The van der Waals surface area contributed by atoms with E-state index >= 15 is 0 Å². The number of hydrogen-bond donors (Lipinski definition) is 1. The molecule has 108 valence electrons. The summed E-state index contributed by atoms with van der Waals surface area (Å²) in [6, 6.07) is 1.50. The van der Waals surface area contributed by atoms with Crippen molar-refractivity contribution in [2.45, 2.75) is 78.8 Å². The van der Waals surface area contributed by atoms with Crippen LogP contribution in [0.1, 0.15) is 66.7 Å². The first-order chi connectivity index (χ1) is 8.50. The average Bonchev–Trinajstić information content (AvgIpc) is 3.10. The first kappa shape index (κ1) is 16.0. The van der Waals surface area contributed by atoms with Crippen molar-refractivity contribution in [2.75, 3.05) is 19.6 Å². The fourth-order valence-electron chi connectivity index (χ4n) is 2.80. The Kier molecular flexibility index (Phi) is 6.65. The number of nitrogens with one attached hydrogen (secondary N) is 1. The van der Waals surface area contributed by atoms with Crippen molar-refractivity contribution < 1.29 is 0 Å². The molecule has 2 nitrogen and oxygen atoms in total. The van der Waals surface area contributed by atoms with Crippen LogP contribution in [0, 0.1) is 5.41 Å². The number of hydrogen-bond acceptors (Lipinski definition) is 2. The first-order valence-corrected chi connectivity index (χ1v) is 7.98. The zero-order valence-corrected chi connectivity index (χ0v) is 13.3. The third-order valence-electron chi connectivity index (χ3n) is 4.07. The standard InChI is InChI=1S/C16H34N2/c1-6-10-16(5,12-17-15-8-9-15)13-18(11-7-2)14(3)4/h14-15,17H,6-13H2,1-5H3. The van der Waals surface area contributed by atoms with Crippen molar-refractivity contribution in [2.24, 2.45) is 5.41 Å². The van der Waals surface area contributed by atoms with E-state index < -0.39 is 0 Å². The topological polar surface area (TPSA) is 15.3 Å². The molecule has 18 heavy (non-hydrogen) atoms. The minimum atomic E-state index is 0.441. The van der Waals surface area contributed by atoms with E-state index in [0.717, 1.165) is 6.04 Å². The average molecular weight is 254 g/mol. The summed E-state index contributed by atoms with van der Waals surface area (Å²) in [4.78, 5) is 2.66. The Morgan fingerprint density at radius 3 is 2.33 bits per heavy atom. The fraction of sp³-hybridized carbons (Fsp3) is 1.00. The molecule has 1 unspecified atom stereocenters. The third kappa shape index (κ3) is 5.71. The maximum atomic E-state index is 3.74. The van der Waals surface area contributed by atoms with Crippen LogP contribution in [0.3, 0.4) is 0 Å². The smallest absolute Gasteiger partial charge is 0.00684 e.